The van der Waals surface area contributed by atoms with Crippen LogP contribution in [0.2, 0.25) is 0 Å². The smallest absolute Gasteiger partial charge is 0.193 e. The third kappa shape index (κ3) is 3.12. The molecule has 0 radical (unpaired) electrons. The van der Waals surface area contributed by atoms with Gasteiger partial charge in [-0.1, -0.05) is 11.6 Å². The van der Waals surface area contributed by atoms with E-state index in [0.717, 1.165) is 25.6 Å². The van der Waals surface area contributed by atoms with E-state index in [1.54, 1.807) is 0 Å². The molecule has 0 amide bonds. The van der Waals surface area contributed by atoms with Crippen LogP contribution in [0.15, 0.2) is 17.1 Å². The van der Waals surface area contributed by atoms with Gasteiger partial charge in [-0.2, -0.15) is 0 Å². The molecule has 3 fully saturated rings. The molecular weight excluding hydrogens is 463 g/mol. The Bertz CT molecular complexity index is 903. The fraction of sp³-hybridized carbons (Fsp3) is 0.591. The number of ether oxygens (including phenoxy) is 1. The van der Waals surface area contributed by atoms with E-state index < -0.39 is 0 Å². The number of fused-ring (bicyclic) bond motifs is 6. The van der Waals surface area contributed by atoms with Gasteiger partial charge in [0.1, 0.15) is 0 Å². The summed E-state index contributed by atoms with van der Waals surface area (Å²) in [5.41, 5.74) is 6.47. The fourth-order valence-corrected chi connectivity index (χ4v) is 5.57. The van der Waals surface area contributed by atoms with Crippen molar-refractivity contribution in [3.8, 4) is 0 Å². The van der Waals surface area contributed by atoms with Crippen LogP contribution in [0.1, 0.15) is 35.2 Å². The summed E-state index contributed by atoms with van der Waals surface area (Å²) in [6, 6.07) is 4.56. The highest BCUT2D eigenvalue weighted by atomic mass is 127. The number of halogens is 1. The van der Waals surface area contributed by atoms with Crippen LogP contribution in [-0.2, 0) is 11.3 Å². The molecular formula is C22H31IN4O. The number of hydrogen-bond acceptors (Lipinski definition) is 2. The highest BCUT2D eigenvalue weighted by Crippen LogP contribution is 2.47. The monoisotopic (exact) mass is 494 g/mol. The SMILES string of the molecule is CN=C(NCc1cc(C)cc2c(C)c(C)[nH]c12)N1CC2C3CCC(O3)C2C1.I. The Kier molecular flexibility index (Phi) is 5.37. The third-order valence-electron chi connectivity index (χ3n) is 7.04. The molecule has 4 atom stereocenters. The second-order valence-electron chi connectivity index (χ2n) is 8.65. The number of nitrogens with zero attached hydrogens (tertiary/aromatic N) is 2. The van der Waals surface area contributed by atoms with Crippen molar-refractivity contribution in [3.05, 3.63) is 34.5 Å². The second-order valence-corrected chi connectivity index (χ2v) is 8.65. The second kappa shape index (κ2) is 7.52. The zero-order valence-electron chi connectivity index (χ0n) is 17.2. The van der Waals surface area contributed by atoms with Gasteiger partial charge in [0.15, 0.2) is 5.96 Å². The van der Waals surface area contributed by atoms with Crippen LogP contribution >= 0.6 is 24.0 Å². The summed E-state index contributed by atoms with van der Waals surface area (Å²) < 4.78 is 6.11. The normalized spacial score (nSPS) is 28.7. The van der Waals surface area contributed by atoms with E-state index in [1.807, 2.05) is 7.05 Å². The van der Waals surface area contributed by atoms with Crippen molar-refractivity contribution >= 4 is 40.8 Å². The van der Waals surface area contributed by atoms with Gasteiger partial charge in [-0.25, -0.2) is 0 Å². The van der Waals surface area contributed by atoms with Crippen molar-refractivity contribution < 1.29 is 4.74 Å². The zero-order valence-corrected chi connectivity index (χ0v) is 19.5. The Labute approximate surface area is 184 Å². The van der Waals surface area contributed by atoms with Gasteiger partial charge in [-0.05, 0) is 50.8 Å². The van der Waals surface area contributed by atoms with Gasteiger partial charge in [0.05, 0.1) is 17.7 Å². The topological polar surface area (TPSA) is 52.7 Å². The zero-order chi connectivity index (χ0) is 18.7. The van der Waals surface area contributed by atoms with Gasteiger partial charge >= 0.3 is 0 Å². The van der Waals surface area contributed by atoms with Gasteiger partial charge in [-0.15, -0.1) is 24.0 Å². The summed E-state index contributed by atoms with van der Waals surface area (Å²) in [5.74, 6) is 2.42. The molecule has 6 heteroatoms. The maximum absolute atomic E-state index is 6.11. The molecule has 4 heterocycles. The largest absolute Gasteiger partial charge is 0.374 e. The summed E-state index contributed by atoms with van der Waals surface area (Å²) in [6.07, 6.45) is 3.48. The number of aliphatic imine (C=N–C) groups is 1. The van der Waals surface area contributed by atoms with E-state index in [0.29, 0.717) is 24.0 Å². The molecule has 5 rings (SSSR count). The highest BCUT2D eigenvalue weighted by molar-refractivity contribution is 14.0. The molecule has 0 saturated carbocycles. The van der Waals surface area contributed by atoms with Crippen LogP contribution in [0.25, 0.3) is 10.9 Å². The Morgan fingerprint density at radius 3 is 2.50 bits per heavy atom. The Morgan fingerprint density at radius 2 is 1.86 bits per heavy atom. The van der Waals surface area contributed by atoms with E-state index in [-0.39, 0.29) is 24.0 Å². The molecule has 0 spiro atoms. The van der Waals surface area contributed by atoms with E-state index in [1.165, 1.54) is 46.1 Å². The molecule has 3 aliphatic rings. The van der Waals surface area contributed by atoms with Crippen molar-refractivity contribution in [2.24, 2.45) is 16.8 Å². The number of benzene rings is 1. The van der Waals surface area contributed by atoms with Gasteiger partial charge in [0.25, 0.3) is 0 Å². The first-order valence-corrected chi connectivity index (χ1v) is 10.2. The minimum absolute atomic E-state index is 0. The van der Waals surface area contributed by atoms with Crippen molar-refractivity contribution in [1.82, 2.24) is 15.2 Å². The minimum atomic E-state index is 0. The molecule has 2 bridgehead atoms. The number of likely N-dealkylation sites (tertiary alicyclic amines) is 1. The lowest BCUT2D eigenvalue weighted by atomic mass is 9.82. The van der Waals surface area contributed by atoms with Crippen LogP contribution in [0, 0.1) is 32.6 Å². The Morgan fingerprint density at radius 1 is 1.18 bits per heavy atom. The van der Waals surface area contributed by atoms with Crippen LogP contribution < -0.4 is 5.32 Å². The van der Waals surface area contributed by atoms with Crippen molar-refractivity contribution in [2.75, 3.05) is 20.1 Å². The minimum Gasteiger partial charge on any atom is -0.374 e. The molecule has 3 saturated heterocycles. The van der Waals surface area contributed by atoms with Crippen LogP contribution in [0.4, 0.5) is 0 Å². The summed E-state index contributed by atoms with van der Waals surface area (Å²) >= 11 is 0. The quantitative estimate of drug-likeness (QED) is 0.379. The van der Waals surface area contributed by atoms with Gasteiger partial charge in [0, 0.05) is 49.6 Å². The van der Waals surface area contributed by atoms with Crippen LogP contribution in [0.5, 0.6) is 0 Å². The summed E-state index contributed by atoms with van der Waals surface area (Å²) in [4.78, 5) is 10.6. The van der Waals surface area contributed by atoms with Crippen molar-refractivity contribution in [3.63, 3.8) is 0 Å². The number of aryl methyl sites for hydroxylation is 3. The average Bonchev–Trinajstić information content (AvgIpc) is 3.39. The van der Waals surface area contributed by atoms with E-state index in [9.17, 15) is 0 Å². The summed E-state index contributed by atoms with van der Waals surface area (Å²) in [7, 11) is 1.90. The molecule has 1 aromatic heterocycles. The van der Waals surface area contributed by atoms with Gasteiger partial charge < -0.3 is 19.9 Å². The average molecular weight is 494 g/mol. The molecule has 2 N–H and O–H groups in total. The number of nitrogens with one attached hydrogen (secondary N) is 2. The maximum Gasteiger partial charge on any atom is 0.193 e. The first-order valence-electron chi connectivity index (χ1n) is 10.2. The predicted molar refractivity (Wildman–Crippen MR) is 125 cm³/mol. The summed E-state index contributed by atoms with van der Waals surface area (Å²) in [5, 5.41) is 4.97. The molecule has 152 valence electrons. The number of rotatable bonds is 2. The van der Waals surface area contributed by atoms with Gasteiger partial charge in [-0.3, -0.25) is 4.99 Å². The van der Waals surface area contributed by atoms with Crippen LogP contribution in [0.3, 0.4) is 0 Å². The lowest BCUT2D eigenvalue weighted by Crippen LogP contribution is -2.41. The van der Waals surface area contributed by atoms with E-state index >= 15 is 0 Å². The molecule has 5 nitrogen and oxygen atoms in total. The highest BCUT2D eigenvalue weighted by Gasteiger charge is 2.53. The predicted octanol–water partition coefficient (Wildman–Crippen LogP) is 3.90. The van der Waals surface area contributed by atoms with E-state index in [2.05, 4.69) is 53.1 Å². The maximum atomic E-state index is 6.11. The summed E-state index contributed by atoms with van der Waals surface area (Å²) in [6.45, 7) is 9.48. The van der Waals surface area contributed by atoms with Crippen molar-refractivity contribution in [2.45, 2.75) is 52.4 Å². The standard InChI is InChI=1S/C22H30N4O.HI/c1-12-7-15(21-16(8-12)13(2)14(3)25-21)9-24-22(23-4)26-10-17-18(11-26)20-6-5-19(17)27-20;/h7-8,17-20,25H,5-6,9-11H2,1-4H3,(H,23,24);1H. The van der Waals surface area contributed by atoms with Crippen LogP contribution in [-0.4, -0.2) is 48.2 Å². The molecule has 4 unspecified atom stereocenters. The molecule has 3 aliphatic heterocycles. The van der Waals surface area contributed by atoms with Gasteiger partial charge in [0.2, 0.25) is 0 Å². The van der Waals surface area contributed by atoms with E-state index in [4.69, 9.17) is 4.74 Å². The first-order chi connectivity index (χ1) is 13.0. The number of guanidine groups is 1. The third-order valence-corrected chi connectivity index (χ3v) is 7.04. The van der Waals surface area contributed by atoms with Crippen molar-refractivity contribution in [1.29, 1.82) is 0 Å². The molecule has 0 aliphatic carbocycles. The lowest BCUT2D eigenvalue weighted by molar-refractivity contribution is 0.0767. The number of aromatic amines is 1. The molecule has 2 aromatic rings. The Balaban J connectivity index is 0.00000192. The lowest BCUT2D eigenvalue weighted by Gasteiger charge is -2.23. The molecule has 1 aromatic carbocycles. The number of H-pyrrole nitrogens is 1. The number of hydrogen-bond donors (Lipinski definition) is 2. The first kappa shape index (κ1) is 20.0. The molecule has 28 heavy (non-hydrogen) atoms. The Hall–Kier alpha value is -1.28. The fourth-order valence-electron chi connectivity index (χ4n) is 5.57. The number of aromatic nitrogens is 1.